The normalized spacial score (nSPS) is 15.6. The summed E-state index contributed by atoms with van der Waals surface area (Å²) in [5.74, 6) is 1.41. The third-order valence-corrected chi connectivity index (χ3v) is 6.43. The number of guanidine groups is 1. The molecule has 0 bridgehead atoms. The number of nitrogens with one attached hydrogen (secondary N) is 3. The number of sulfone groups is 1. The molecule has 0 heterocycles. The van der Waals surface area contributed by atoms with E-state index in [-0.39, 0.29) is 5.91 Å². The first-order chi connectivity index (χ1) is 14.4. The molecule has 0 atom stereocenters. The third-order valence-electron chi connectivity index (χ3n) is 5.30. The first kappa shape index (κ1) is 24.2. The van der Waals surface area contributed by atoms with Gasteiger partial charge in [0, 0.05) is 38.9 Å². The molecule has 0 aromatic heterocycles. The Morgan fingerprint density at radius 2 is 1.70 bits per heavy atom. The Bertz CT molecular complexity index is 785. The fraction of sp³-hybridized carbons (Fsp3) is 0.636. The highest BCUT2D eigenvalue weighted by molar-refractivity contribution is 7.90. The van der Waals surface area contributed by atoms with Crippen LogP contribution < -0.4 is 16.0 Å². The molecule has 0 aliphatic heterocycles. The zero-order valence-electron chi connectivity index (χ0n) is 18.2. The van der Waals surface area contributed by atoms with Gasteiger partial charge in [-0.3, -0.25) is 9.79 Å². The lowest BCUT2D eigenvalue weighted by Crippen LogP contribution is -2.41. The van der Waals surface area contributed by atoms with Crippen LogP contribution in [0.2, 0.25) is 0 Å². The highest BCUT2D eigenvalue weighted by atomic mass is 32.2. The summed E-state index contributed by atoms with van der Waals surface area (Å²) in [7, 11) is -3.17. The zero-order chi connectivity index (χ0) is 21.8. The van der Waals surface area contributed by atoms with Crippen molar-refractivity contribution in [3.8, 4) is 0 Å². The summed E-state index contributed by atoms with van der Waals surface area (Å²) in [6.07, 6.45) is 8.75. The Morgan fingerprint density at radius 1 is 1.03 bits per heavy atom. The molecule has 2 rings (SSSR count). The standard InChI is InChI=1S/C22H36N4O3S/c1-3-23-22(25-14-13-18-9-11-20(12-10-18)30(2,28)29)26-16-15-24-21(27)17-19-7-5-4-6-8-19/h9-12,19H,3-8,13-17H2,1-2H3,(H,24,27)(H2,23,25,26). The van der Waals surface area contributed by atoms with Crippen molar-refractivity contribution >= 4 is 21.7 Å². The second kappa shape index (κ2) is 12.6. The highest BCUT2D eigenvalue weighted by Crippen LogP contribution is 2.25. The molecule has 0 radical (unpaired) electrons. The maximum Gasteiger partial charge on any atom is 0.220 e. The van der Waals surface area contributed by atoms with E-state index in [1.807, 2.05) is 19.1 Å². The quantitative estimate of drug-likeness (QED) is 0.297. The summed E-state index contributed by atoms with van der Waals surface area (Å²) >= 11 is 0. The second-order valence-corrected chi connectivity index (χ2v) is 9.93. The van der Waals surface area contributed by atoms with Crippen LogP contribution in [0.4, 0.5) is 0 Å². The van der Waals surface area contributed by atoms with E-state index in [1.165, 1.54) is 38.4 Å². The number of hydrogen-bond donors (Lipinski definition) is 3. The van der Waals surface area contributed by atoms with E-state index in [0.29, 0.717) is 42.8 Å². The van der Waals surface area contributed by atoms with Crippen molar-refractivity contribution in [1.82, 2.24) is 16.0 Å². The van der Waals surface area contributed by atoms with E-state index in [1.54, 1.807) is 12.1 Å². The van der Waals surface area contributed by atoms with Crippen LogP contribution in [-0.4, -0.2) is 52.7 Å². The van der Waals surface area contributed by atoms with Gasteiger partial charge in [-0.2, -0.15) is 0 Å². The molecule has 1 aliphatic carbocycles. The van der Waals surface area contributed by atoms with Crippen molar-refractivity contribution < 1.29 is 13.2 Å². The number of carbonyl (C=O) groups excluding carboxylic acids is 1. The molecule has 1 aromatic rings. The van der Waals surface area contributed by atoms with Crippen molar-refractivity contribution in [1.29, 1.82) is 0 Å². The molecule has 1 fully saturated rings. The van der Waals surface area contributed by atoms with E-state index >= 15 is 0 Å². The summed E-state index contributed by atoms with van der Waals surface area (Å²) in [6, 6.07) is 6.92. The third kappa shape index (κ3) is 9.15. The van der Waals surface area contributed by atoms with Gasteiger partial charge in [-0.1, -0.05) is 31.4 Å². The SMILES string of the molecule is CCNC(=NCCc1ccc(S(C)(=O)=O)cc1)NCCNC(=O)CC1CCCCC1. The maximum atomic E-state index is 12.1. The van der Waals surface area contributed by atoms with Gasteiger partial charge in [-0.15, -0.1) is 0 Å². The molecule has 0 spiro atoms. The number of carbonyl (C=O) groups is 1. The van der Waals surface area contributed by atoms with E-state index in [9.17, 15) is 13.2 Å². The molecule has 8 heteroatoms. The average molecular weight is 437 g/mol. The first-order valence-electron chi connectivity index (χ1n) is 11.0. The van der Waals surface area contributed by atoms with Crippen molar-refractivity contribution in [3.63, 3.8) is 0 Å². The van der Waals surface area contributed by atoms with Gasteiger partial charge in [0.1, 0.15) is 0 Å². The number of hydrogen-bond acceptors (Lipinski definition) is 4. The van der Waals surface area contributed by atoms with E-state index in [4.69, 9.17) is 0 Å². The lowest BCUT2D eigenvalue weighted by Gasteiger charge is -2.20. The van der Waals surface area contributed by atoms with Crippen LogP contribution in [0.15, 0.2) is 34.2 Å². The van der Waals surface area contributed by atoms with Crippen LogP contribution in [0.3, 0.4) is 0 Å². The molecule has 3 N–H and O–H groups in total. The molecule has 7 nitrogen and oxygen atoms in total. The summed E-state index contributed by atoms with van der Waals surface area (Å²) in [6.45, 7) is 4.53. The van der Waals surface area contributed by atoms with E-state index in [0.717, 1.165) is 18.5 Å². The summed E-state index contributed by atoms with van der Waals surface area (Å²) in [5, 5.41) is 9.43. The lowest BCUT2D eigenvalue weighted by atomic mass is 9.87. The average Bonchev–Trinajstić information content (AvgIpc) is 2.71. The van der Waals surface area contributed by atoms with Crippen LogP contribution in [0, 0.1) is 5.92 Å². The van der Waals surface area contributed by atoms with Gasteiger partial charge in [0.2, 0.25) is 5.91 Å². The lowest BCUT2D eigenvalue weighted by molar-refractivity contribution is -0.122. The minimum atomic E-state index is -3.17. The topological polar surface area (TPSA) is 99.7 Å². The van der Waals surface area contributed by atoms with Crippen LogP contribution in [0.25, 0.3) is 0 Å². The van der Waals surface area contributed by atoms with Gasteiger partial charge >= 0.3 is 0 Å². The van der Waals surface area contributed by atoms with Crippen molar-refractivity contribution in [2.45, 2.75) is 56.8 Å². The summed E-state index contributed by atoms with van der Waals surface area (Å²) < 4.78 is 23.0. The Balaban J connectivity index is 1.70. The van der Waals surface area contributed by atoms with Gasteiger partial charge < -0.3 is 16.0 Å². The second-order valence-electron chi connectivity index (χ2n) is 7.91. The predicted molar refractivity (Wildman–Crippen MR) is 121 cm³/mol. The maximum absolute atomic E-state index is 12.1. The fourth-order valence-electron chi connectivity index (χ4n) is 3.65. The van der Waals surface area contributed by atoms with Gasteiger partial charge in [0.15, 0.2) is 15.8 Å². The number of benzene rings is 1. The number of nitrogens with zero attached hydrogens (tertiary/aromatic N) is 1. The van der Waals surface area contributed by atoms with Crippen LogP contribution >= 0.6 is 0 Å². The van der Waals surface area contributed by atoms with Crippen LogP contribution in [0.1, 0.15) is 51.0 Å². The van der Waals surface area contributed by atoms with Crippen molar-refractivity contribution in [2.75, 3.05) is 32.4 Å². The molecule has 1 aliphatic rings. The van der Waals surface area contributed by atoms with Crippen molar-refractivity contribution in [2.24, 2.45) is 10.9 Å². The number of aliphatic imine (C=N–C) groups is 1. The molecular formula is C22H36N4O3S. The van der Waals surface area contributed by atoms with Gasteiger partial charge in [-0.05, 0) is 49.8 Å². The zero-order valence-corrected chi connectivity index (χ0v) is 19.1. The molecule has 168 valence electrons. The summed E-state index contributed by atoms with van der Waals surface area (Å²) in [4.78, 5) is 17.0. The van der Waals surface area contributed by atoms with Gasteiger partial charge in [0.05, 0.1) is 4.90 Å². The Labute approximate surface area is 181 Å². The number of rotatable bonds is 10. The molecule has 1 saturated carbocycles. The molecule has 1 aromatic carbocycles. The summed E-state index contributed by atoms with van der Waals surface area (Å²) in [5.41, 5.74) is 1.04. The molecule has 30 heavy (non-hydrogen) atoms. The molecule has 0 unspecified atom stereocenters. The fourth-order valence-corrected chi connectivity index (χ4v) is 4.28. The Morgan fingerprint density at radius 3 is 2.33 bits per heavy atom. The first-order valence-corrected chi connectivity index (χ1v) is 12.9. The molecular weight excluding hydrogens is 400 g/mol. The van der Waals surface area contributed by atoms with Crippen molar-refractivity contribution in [3.05, 3.63) is 29.8 Å². The van der Waals surface area contributed by atoms with Crippen LogP contribution in [0.5, 0.6) is 0 Å². The Hall–Kier alpha value is -2.09. The van der Waals surface area contributed by atoms with E-state index in [2.05, 4.69) is 20.9 Å². The smallest absolute Gasteiger partial charge is 0.220 e. The predicted octanol–water partition coefficient (Wildman–Crippen LogP) is 2.27. The highest BCUT2D eigenvalue weighted by Gasteiger charge is 2.16. The molecule has 1 amide bonds. The monoisotopic (exact) mass is 436 g/mol. The largest absolute Gasteiger partial charge is 0.357 e. The van der Waals surface area contributed by atoms with E-state index < -0.39 is 9.84 Å². The van der Waals surface area contributed by atoms with Gasteiger partial charge in [0.25, 0.3) is 0 Å². The van der Waals surface area contributed by atoms with Crippen LogP contribution in [-0.2, 0) is 21.1 Å². The minimum Gasteiger partial charge on any atom is -0.357 e. The number of amides is 1. The Kier molecular flexibility index (Phi) is 10.1. The van der Waals surface area contributed by atoms with Gasteiger partial charge in [-0.25, -0.2) is 8.42 Å². The minimum absolute atomic E-state index is 0.142. The molecule has 0 saturated heterocycles.